The molecule has 0 aliphatic heterocycles. The fraction of sp³-hybridized carbons (Fsp3) is 0.500. The molecule has 1 heterocycles. The van der Waals surface area contributed by atoms with Gasteiger partial charge in [0.2, 0.25) is 0 Å². The molecule has 0 spiro atoms. The van der Waals surface area contributed by atoms with Crippen molar-refractivity contribution in [2.24, 2.45) is 0 Å². The van der Waals surface area contributed by atoms with Crippen molar-refractivity contribution in [2.75, 3.05) is 5.88 Å². The molecule has 0 radical (unpaired) electrons. The maximum atomic E-state index is 5.55. The molecular formula is C8H11ClN2. The van der Waals surface area contributed by atoms with Crippen molar-refractivity contribution < 1.29 is 0 Å². The molecule has 0 unspecified atom stereocenters. The zero-order valence-corrected chi connectivity index (χ0v) is 7.30. The van der Waals surface area contributed by atoms with Crippen LogP contribution in [0.5, 0.6) is 0 Å². The second-order valence-electron chi connectivity index (χ2n) is 2.26. The number of nitrogens with zero attached hydrogens (tertiary/aromatic N) is 2. The summed E-state index contributed by atoms with van der Waals surface area (Å²) in [7, 11) is 0. The van der Waals surface area contributed by atoms with Gasteiger partial charge in [0, 0.05) is 24.2 Å². The van der Waals surface area contributed by atoms with Gasteiger partial charge in [-0.25, -0.2) is 9.97 Å². The number of rotatable bonds is 3. The molecule has 0 fully saturated rings. The SMILES string of the molecule is CCc1ccnc(CCCl)n1. The summed E-state index contributed by atoms with van der Waals surface area (Å²) in [4.78, 5) is 8.37. The van der Waals surface area contributed by atoms with E-state index in [0.717, 1.165) is 24.4 Å². The van der Waals surface area contributed by atoms with E-state index in [0.29, 0.717) is 5.88 Å². The first-order valence-electron chi connectivity index (χ1n) is 3.73. The molecule has 1 aromatic rings. The third-order valence-corrected chi connectivity index (χ3v) is 1.63. The molecule has 1 aromatic heterocycles. The van der Waals surface area contributed by atoms with Gasteiger partial charge < -0.3 is 0 Å². The van der Waals surface area contributed by atoms with Gasteiger partial charge >= 0.3 is 0 Å². The lowest BCUT2D eigenvalue weighted by atomic mass is 10.3. The van der Waals surface area contributed by atoms with Crippen LogP contribution in [0, 0.1) is 0 Å². The van der Waals surface area contributed by atoms with Crippen molar-refractivity contribution in [1.82, 2.24) is 9.97 Å². The monoisotopic (exact) mass is 170 g/mol. The second-order valence-corrected chi connectivity index (χ2v) is 2.63. The summed E-state index contributed by atoms with van der Waals surface area (Å²) >= 11 is 5.55. The van der Waals surface area contributed by atoms with Gasteiger partial charge in [0.25, 0.3) is 0 Å². The topological polar surface area (TPSA) is 25.8 Å². The number of aryl methyl sites for hydroxylation is 2. The summed E-state index contributed by atoms with van der Waals surface area (Å²) in [5.41, 5.74) is 1.08. The quantitative estimate of drug-likeness (QED) is 0.647. The third kappa shape index (κ3) is 2.46. The average molecular weight is 171 g/mol. The molecule has 0 N–H and O–H groups in total. The van der Waals surface area contributed by atoms with Crippen LogP contribution in [0.2, 0.25) is 0 Å². The van der Waals surface area contributed by atoms with E-state index in [-0.39, 0.29) is 0 Å². The van der Waals surface area contributed by atoms with Gasteiger partial charge in [0.1, 0.15) is 5.82 Å². The minimum atomic E-state index is 0.590. The number of halogens is 1. The number of hydrogen-bond donors (Lipinski definition) is 0. The molecule has 0 amide bonds. The molecule has 3 heteroatoms. The average Bonchev–Trinajstić information content (AvgIpc) is 2.06. The highest BCUT2D eigenvalue weighted by atomic mass is 35.5. The van der Waals surface area contributed by atoms with Gasteiger partial charge in [-0.15, -0.1) is 11.6 Å². The molecule has 0 aliphatic carbocycles. The minimum Gasteiger partial charge on any atom is -0.241 e. The molecule has 0 saturated heterocycles. The zero-order chi connectivity index (χ0) is 8.10. The Morgan fingerprint density at radius 3 is 3.00 bits per heavy atom. The first kappa shape index (κ1) is 8.47. The van der Waals surface area contributed by atoms with Crippen LogP contribution in [0.1, 0.15) is 18.4 Å². The van der Waals surface area contributed by atoms with Crippen LogP contribution in [-0.4, -0.2) is 15.8 Å². The number of aromatic nitrogens is 2. The molecule has 0 atom stereocenters. The smallest absolute Gasteiger partial charge is 0.129 e. The maximum absolute atomic E-state index is 5.55. The molecule has 0 aromatic carbocycles. The first-order chi connectivity index (χ1) is 5.36. The van der Waals surface area contributed by atoms with Gasteiger partial charge in [-0.05, 0) is 12.5 Å². The van der Waals surface area contributed by atoms with E-state index in [1.807, 2.05) is 6.07 Å². The fourth-order valence-electron chi connectivity index (χ4n) is 0.843. The van der Waals surface area contributed by atoms with E-state index in [1.54, 1.807) is 6.20 Å². The predicted molar refractivity (Wildman–Crippen MR) is 45.8 cm³/mol. The van der Waals surface area contributed by atoms with Crippen LogP contribution in [0.3, 0.4) is 0 Å². The Morgan fingerprint density at radius 2 is 2.36 bits per heavy atom. The highest BCUT2D eigenvalue weighted by molar-refractivity contribution is 6.17. The number of hydrogen-bond acceptors (Lipinski definition) is 2. The lowest BCUT2D eigenvalue weighted by molar-refractivity contribution is 0.890. The van der Waals surface area contributed by atoms with Crippen LogP contribution in [0.15, 0.2) is 12.3 Å². The van der Waals surface area contributed by atoms with Crippen molar-refractivity contribution in [1.29, 1.82) is 0 Å². The summed E-state index contributed by atoms with van der Waals surface area (Å²) in [6, 6.07) is 1.93. The van der Waals surface area contributed by atoms with E-state index in [9.17, 15) is 0 Å². The van der Waals surface area contributed by atoms with Gasteiger partial charge in [-0.2, -0.15) is 0 Å². The Bertz CT molecular complexity index is 225. The summed E-state index contributed by atoms with van der Waals surface area (Å²) in [6.07, 6.45) is 3.50. The van der Waals surface area contributed by atoms with E-state index >= 15 is 0 Å². The Kier molecular flexibility index (Phi) is 3.30. The zero-order valence-electron chi connectivity index (χ0n) is 6.55. The largest absolute Gasteiger partial charge is 0.241 e. The molecule has 60 valence electrons. The molecule has 0 saturated carbocycles. The van der Waals surface area contributed by atoms with Gasteiger partial charge in [0.15, 0.2) is 0 Å². The highest BCUT2D eigenvalue weighted by Crippen LogP contribution is 1.97. The molecular weight excluding hydrogens is 160 g/mol. The Morgan fingerprint density at radius 1 is 1.55 bits per heavy atom. The standard InChI is InChI=1S/C8H11ClN2/c1-2-7-4-6-10-8(11-7)3-5-9/h4,6H,2-3,5H2,1H3. The lowest BCUT2D eigenvalue weighted by Crippen LogP contribution is -1.98. The van der Waals surface area contributed by atoms with Gasteiger partial charge in [-0.3, -0.25) is 0 Å². The van der Waals surface area contributed by atoms with Crippen LogP contribution >= 0.6 is 11.6 Å². The maximum Gasteiger partial charge on any atom is 0.129 e. The van der Waals surface area contributed by atoms with E-state index in [1.165, 1.54) is 0 Å². The Hall–Kier alpha value is -0.630. The first-order valence-corrected chi connectivity index (χ1v) is 4.27. The lowest BCUT2D eigenvalue weighted by Gasteiger charge is -1.98. The van der Waals surface area contributed by atoms with Crippen LogP contribution in [0.25, 0.3) is 0 Å². The van der Waals surface area contributed by atoms with Crippen molar-refractivity contribution in [3.8, 4) is 0 Å². The number of alkyl halides is 1. The summed E-state index contributed by atoms with van der Waals surface area (Å²) in [6.45, 7) is 2.08. The van der Waals surface area contributed by atoms with Crippen molar-refractivity contribution >= 4 is 11.6 Å². The van der Waals surface area contributed by atoms with E-state index < -0.39 is 0 Å². The molecule has 0 bridgehead atoms. The van der Waals surface area contributed by atoms with E-state index in [4.69, 9.17) is 11.6 Å². The molecule has 0 aliphatic rings. The molecule has 1 rings (SSSR count). The van der Waals surface area contributed by atoms with Crippen LogP contribution < -0.4 is 0 Å². The van der Waals surface area contributed by atoms with Gasteiger partial charge in [0.05, 0.1) is 0 Å². The summed E-state index contributed by atoms with van der Waals surface area (Å²) in [5, 5.41) is 0. The Balaban J connectivity index is 2.74. The fourth-order valence-corrected chi connectivity index (χ4v) is 1.01. The Labute approximate surface area is 71.6 Å². The molecule has 11 heavy (non-hydrogen) atoms. The normalized spacial score (nSPS) is 10.0. The second kappa shape index (κ2) is 4.29. The highest BCUT2D eigenvalue weighted by Gasteiger charge is 1.95. The van der Waals surface area contributed by atoms with Crippen molar-refractivity contribution in [3.05, 3.63) is 23.8 Å². The van der Waals surface area contributed by atoms with Gasteiger partial charge in [-0.1, -0.05) is 6.92 Å². The van der Waals surface area contributed by atoms with Crippen LogP contribution in [0.4, 0.5) is 0 Å². The predicted octanol–water partition coefficient (Wildman–Crippen LogP) is 1.82. The summed E-state index contributed by atoms with van der Waals surface area (Å²) < 4.78 is 0. The van der Waals surface area contributed by atoms with Crippen LogP contribution in [-0.2, 0) is 12.8 Å². The molecule has 2 nitrogen and oxygen atoms in total. The summed E-state index contributed by atoms with van der Waals surface area (Å²) in [5.74, 6) is 1.44. The van der Waals surface area contributed by atoms with E-state index in [2.05, 4.69) is 16.9 Å². The van der Waals surface area contributed by atoms with Crippen molar-refractivity contribution in [2.45, 2.75) is 19.8 Å². The third-order valence-electron chi connectivity index (χ3n) is 1.44. The minimum absolute atomic E-state index is 0.590. The van der Waals surface area contributed by atoms with Crippen molar-refractivity contribution in [3.63, 3.8) is 0 Å².